The Hall–Kier alpha value is -0.820. The van der Waals surface area contributed by atoms with E-state index >= 15 is 0 Å². The lowest BCUT2D eigenvalue weighted by molar-refractivity contribution is 0.114. The smallest absolute Gasteiger partial charge is 0.0611 e. The molecule has 2 unspecified atom stereocenters. The van der Waals surface area contributed by atoms with Gasteiger partial charge < -0.3 is 5.11 Å². The van der Waals surface area contributed by atoms with Crippen LogP contribution < -0.4 is 0 Å². The first-order valence-electron chi connectivity index (χ1n) is 7.10. The Morgan fingerprint density at radius 3 is 2.71 bits per heavy atom. The molecule has 2 atom stereocenters. The van der Waals surface area contributed by atoms with Crippen molar-refractivity contribution in [1.29, 1.82) is 0 Å². The molecule has 1 N–H and O–H groups in total. The van der Waals surface area contributed by atoms with Crippen molar-refractivity contribution in [3.63, 3.8) is 0 Å². The normalized spacial score (nSPS) is 26.1. The van der Waals surface area contributed by atoms with E-state index in [1.165, 1.54) is 36.8 Å². The minimum absolute atomic E-state index is 0.109. The fourth-order valence-corrected chi connectivity index (χ4v) is 3.74. The van der Waals surface area contributed by atoms with Gasteiger partial charge in [0.2, 0.25) is 0 Å². The highest BCUT2D eigenvalue weighted by atomic mass is 16.3. The van der Waals surface area contributed by atoms with E-state index in [1.807, 2.05) is 0 Å². The minimum Gasteiger partial charge on any atom is -0.392 e. The van der Waals surface area contributed by atoms with E-state index in [1.54, 1.807) is 0 Å². The van der Waals surface area contributed by atoms with E-state index < -0.39 is 0 Å². The topological polar surface area (TPSA) is 20.2 Å². The zero-order valence-electron chi connectivity index (χ0n) is 10.4. The van der Waals surface area contributed by atoms with Gasteiger partial charge in [-0.25, -0.2) is 0 Å². The maximum atomic E-state index is 10.5. The first kappa shape index (κ1) is 11.3. The molecule has 1 aromatic rings. The molecule has 1 fully saturated rings. The predicted molar refractivity (Wildman–Crippen MR) is 70.1 cm³/mol. The third-order valence-corrected chi connectivity index (χ3v) is 4.69. The summed E-state index contributed by atoms with van der Waals surface area (Å²) < 4.78 is 0. The molecule has 0 saturated heterocycles. The number of rotatable bonds is 3. The minimum atomic E-state index is -0.109. The molecule has 2 aliphatic rings. The molecule has 0 spiro atoms. The Morgan fingerprint density at radius 2 is 1.88 bits per heavy atom. The van der Waals surface area contributed by atoms with Crippen molar-refractivity contribution in [2.75, 3.05) is 0 Å². The second kappa shape index (κ2) is 4.81. The molecule has 1 saturated carbocycles. The predicted octanol–water partition coefficient (Wildman–Crippen LogP) is 3.66. The zero-order chi connectivity index (χ0) is 11.7. The van der Waals surface area contributed by atoms with Gasteiger partial charge >= 0.3 is 0 Å². The zero-order valence-corrected chi connectivity index (χ0v) is 10.4. The van der Waals surface area contributed by atoms with Crippen LogP contribution in [0.3, 0.4) is 0 Å². The molecule has 3 rings (SSSR count). The van der Waals surface area contributed by atoms with Crippen molar-refractivity contribution in [2.45, 2.75) is 57.0 Å². The van der Waals surface area contributed by atoms with E-state index in [4.69, 9.17) is 0 Å². The first-order valence-corrected chi connectivity index (χ1v) is 7.10. The molecular weight excluding hydrogens is 208 g/mol. The molecule has 1 nitrogen and oxygen atoms in total. The quantitative estimate of drug-likeness (QED) is 0.840. The summed E-state index contributed by atoms with van der Waals surface area (Å²) in [6.07, 6.45) is 8.64. The number of fused-ring (bicyclic) bond motifs is 1. The molecule has 0 heterocycles. The van der Waals surface area contributed by atoms with Crippen LogP contribution in [-0.2, 0) is 6.42 Å². The molecule has 1 aromatic carbocycles. The van der Waals surface area contributed by atoms with Crippen LogP contribution in [0.5, 0.6) is 0 Å². The van der Waals surface area contributed by atoms with Gasteiger partial charge in [0.25, 0.3) is 0 Å². The maximum Gasteiger partial charge on any atom is 0.0611 e. The molecular formula is C16H22O. The SMILES string of the molecule is OC(CC1CCCC1)C1CCc2ccccc21. The number of hydrogen-bond donors (Lipinski definition) is 1. The summed E-state index contributed by atoms with van der Waals surface area (Å²) in [5.74, 6) is 1.20. The van der Waals surface area contributed by atoms with E-state index in [-0.39, 0.29) is 6.10 Å². The van der Waals surface area contributed by atoms with Gasteiger partial charge in [-0.15, -0.1) is 0 Å². The van der Waals surface area contributed by atoms with Crippen LogP contribution in [0.4, 0.5) is 0 Å². The van der Waals surface area contributed by atoms with E-state index in [2.05, 4.69) is 24.3 Å². The number of aryl methyl sites for hydroxylation is 1. The van der Waals surface area contributed by atoms with Crippen LogP contribution in [0.25, 0.3) is 0 Å². The number of aliphatic hydroxyl groups is 1. The standard InChI is InChI=1S/C16H22O/c17-16(11-12-5-1-2-6-12)15-10-9-13-7-3-4-8-14(13)15/h3-4,7-8,12,15-17H,1-2,5-6,9-11H2. The van der Waals surface area contributed by atoms with Crippen molar-refractivity contribution < 1.29 is 5.11 Å². The fourth-order valence-electron chi connectivity index (χ4n) is 3.74. The highest BCUT2D eigenvalue weighted by molar-refractivity contribution is 5.35. The van der Waals surface area contributed by atoms with Crippen molar-refractivity contribution in [3.05, 3.63) is 35.4 Å². The van der Waals surface area contributed by atoms with Gasteiger partial charge in [-0.1, -0.05) is 49.9 Å². The number of benzene rings is 1. The van der Waals surface area contributed by atoms with Crippen LogP contribution >= 0.6 is 0 Å². The third-order valence-electron chi connectivity index (χ3n) is 4.69. The Bertz CT molecular complexity index is 379. The first-order chi connectivity index (χ1) is 8.34. The lowest BCUT2D eigenvalue weighted by Gasteiger charge is -2.22. The summed E-state index contributed by atoms with van der Waals surface area (Å²) in [6.45, 7) is 0. The summed E-state index contributed by atoms with van der Waals surface area (Å²) >= 11 is 0. The van der Waals surface area contributed by atoms with Crippen LogP contribution in [0, 0.1) is 5.92 Å². The van der Waals surface area contributed by atoms with Crippen LogP contribution in [-0.4, -0.2) is 11.2 Å². The average molecular weight is 230 g/mol. The summed E-state index contributed by atoms with van der Waals surface area (Å²) in [6, 6.07) is 8.66. The second-order valence-electron chi connectivity index (χ2n) is 5.80. The van der Waals surface area contributed by atoms with Gasteiger partial charge in [-0.05, 0) is 36.3 Å². The summed E-state index contributed by atoms with van der Waals surface area (Å²) in [7, 11) is 0. The van der Waals surface area contributed by atoms with Crippen LogP contribution in [0.2, 0.25) is 0 Å². The van der Waals surface area contributed by atoms with Gasteiger partial charge in [-0.3, -0.25) is 0 Å². The third kappa shape index (κ3) is 2.26. The van der Waals surface area contributed by atoms with Gasteiger partial charge in [0.15, 0.2) is 0 Å². The molecule has 92 valence electrons. The summed E-state index contributed by atoms with van der Waals surface area (Å²) in [4.78, 5) is 0. The van der Waals surface area contributed by atoms with E-state index in [0.29, 0.717) is 5.92 Å². The molecule has 2 aliphatic carbocycles. The number of hydrogen-bond acceptors (Lipinski definition) is 1. The highest BCUT2D eigenvalue weighted by Crippen LogP contribution is 2.39. The van der Waals surface area contributed by atoms with Crippen molar-refractivity contribution in [1.82, 2.24) is 0 Å². The molecule has 0 amide bonds. The largest absolute Gasteiger partial charge is 0.392 e. The van der Waals surface area contributed by atoms with Crippen molar-refractivity contribution in [3.8, 4) is 0 Å². The van der Waals surface area contributed by atoms with Crippen molar-refractivity contribution >= 4 is 0 Å². The Balaban J connectivity index is 1.68. The number of aliphatic hydroxyl groups excluding tert-OH is 1. The maximum absolute atomic E-state index is 10.5. The molecule has 1 heteroatoms. The second-order valence-corrected chi connectivity index (χ2v) is 5.80. The fraction of sp³-hybridized carbons (Fsp3) is 0.625. The lowest BCUT2D eigenvalue weighted by Crippen LogP contribution is -2.19. The monoisotopic (exact) mass is 230 g/mol. The van der Waals surface area contributed by atoms with Gasteiger partial charge in [0.1, 0.15) is 0 Å². The molecule has 0 bridgehead atoms. The van der Waals surface area contributed by atoms with Gasteiger partial charge in [-0.2, -0.15) is 0 Å². The average Bonchev–Trinajstić information content (AvgIpc) is 2.96. The Morgan fingerprint density at radius 1 is 1.12 bits per heavy atom. The Kier molecular flexibility index (Phi) is 3.19. The summed E-state index contributed by atoms with van der Waals surface area (Å²) in [5, 5.41) is 10.5. The van der Waals surface area contributed by atoms with Crippen LogP contribution in [0.15, 0.2) is 24.3 Å². The van der Waals surface area contributed by atoms with Crippen molar-refractivity contribution in [2.24, 2.45) is 5.92 Å². The van der Waals surface area contributed by atoms with Gasteiger partial charge in [0.05, 0.1) is 6.10 Å². The van der Waals surface area contributed by atoms with E-state index in [9.17, 15) is 5.11 Å². The van der Waals surface area contributed by atoms with E-state index in [0.717, 1.165) is 25.2 Å². The Labute approximate surface area is 104 Å². The van der Waals surface area contributed by atoms with Crippen LogP contribution in [0.1, 0.15) is 55.6 Å². The molecule has 0 aliphatic heterocycles. The summed E-state index contributed by atoms with van der Waals surface area (Å²) in [5.41, 5.74) is 2.88. The van der Waals surface area contributed by atoms with Gasteiger partial charge in [0, 0.05) is 5.92 Å². The molecule has 0 radical (unpaired) electrons. The highest BCUT2D eigenvalue weighted by Gasteiger charge is 2.30. The lowest BCUT2D eigenvalue weighted by atomic mass is 9.88. The molecule has 0 aromatic heterocycles. The molecule has 17 heavy (non-hydrogen) atoms.